The second-order valence-corrected chi connectivity index (χ2v) is 6.93. The Kier molecular flexibility index (Phi) is 4.94. The zero-order valence-electron chi connectivity index (χ0n) is 11.0. The van der Waals surface area contributed by atoms with Crippen LogP contribution in [0.4, 0.5) is 0 Å². The van der Waals surface area contributed by atoms with E-state index >= 15 is 0 Å². The molecule has 5 atom stereocenters. The van der Waals surface area contributed by atoms with E-state index in [4.69, 9.17) is 14.4 Å². The van der Waals surface area contributed by atoms with Gasteiger partial charge in [-0.15, -0.1) is 0 Å². The SMILES string of the molecule is CC(C)(C)C1OC(CO)C(O)C(O)C1NS(=O)(=O)O. The predicted molar refractivity (Wildman–Crippen MR) is 65.7 cm³/mol. The van der Waals surface area contributed by atoms with Gasteiger partial charge in [0.1, 0.15) is 18.3 Å². The van der Waals surface area contributed by atoms with Crippen molar-refractivity contribution in [3.63, 3.8) is 0 Å². The van der Waals surface area contributed by atoms with Crippen molar-refractivity contribution in [2.75, 3.05) is 6.61 Å². The molecule has 19 heavy (non-hydrogen) atoms. The Bertz CT molecular complexity index is 405. The molecule has 5 N–H and O–H groups in total. The second kappa shape index (κ2) is 5.60. The van der Waals surface area contributed by atoms with E-state index in [1.165, 1.54) is 0 Å². The Morgan fingerprint density at radius 1 is 1.21 bits per heavy atom. The first-order chi connectivity index (χ1) is 8.47. The van der Waals surface area contributed by atoms with E-state index in [2.05, 4.69) is 0 Å². The third kappa shape index (κ3) is 4.09. The quantitative estimate of drug-likeness (QED) is 0.391. The molecular formula is C10H21NO7S. The van der Waals surface area contributed by atoms with Crippen LogP contribution in [0, 0.1) is 5.41 Å². The van der Waals surface area contributed by atoms with Crippen LogP contribution in [0.3, 0.4) is 0 Å². The molecule has 0 saturated carbocycles. The van der Waals surface area contributed by atoms with Gasteiger partial charge in [-0.3, -0.25) is 4.55 Å². The van der Waals surface area contributed by atoms with Crippen LogP contribution in [-0.2, 0) is 15.0 Å². The van der Waals surface area contributed by atoms with Gasteiger partial charge in [0.2, 0.25) is 0 Å². The number of rotatable bonds is 3. The molecule has 1 aliphatic heterocycles. The number of hydrogen-bond donors (Lipinski definition) is 5. The van der Waals surface area contributed by atoms with E-state index in [9.17, 15) is 18.6 Å². The minimum atomic E-state index is -4.56. The minimum absolute atomic E-state index is 0.511. The normalized spacial score (nSPS) is 37.3. The van der Waals surface area contributed by atoms with Crippen LogP contribution in [0.5, 0.6) is 0 Å². The Labute approximate surface area is 112 Å². The lowest BCUT2D eigenvalue weighted by Crippen LogP contribution is -2.66. The maximum absolute atomic E-state index is 10.9. The summed E-state index contributed by atoms with van der Waals surface area (Å²) in [6.07, 6.45) is -4.80. The summed E-state index contributed by atoms with van der Waals surface area (Å²) in [5, 5.41) is 28.8. The zero-order chi connectivity index (χ0) is 15.0. The van der Waals surface area contributed by atoms with Crippen molar-refractivity contribution in [2.45, 2.75) is 51.2 Å². The Morgan fingerprint density at radius 3 is 2.11 bits per heavy atom. The van der Waals surface area contributed by atoms with Crippen molar-refractivity contribution in [1.82, 2.24) is 4.72 Å². The molecule has 0 aromatic rings. The van der Waals surface area contributed by atoms with Crippen LogP contribution < -0.4 is 4.72 Å². The standard InChI is InChI=1S/C10H21NO7S/c1-10(2,3)9-6(11-19(15,16)17)8(14)7(13)5(4-12)18-9/h5-9,11-14H,4H2,1-3H3,(H,15,16,17). The molecular weight excluding hydrogens is 278 g/mol. The molecule has 0 aromatic carbocycles. The van der Waals surface area contributed by atoms with Crippen molar-refractivity contribution in [1.29, 1.82) is 0 Å². The molecule has 114 valence electrons. The average Bonchev–Trinajstić information content (AvgIpc) is 2.22. The van der Waals surface area contributed by atoms with Gasteiger partial charge in [0.05, 0.1) is 18.8 Å². The van der Waals surface area contributed by atoms with Crippen LogP contribution in [0.2, 0.25) is 0 Å². The molecule has 0 spiro atoms. The first-order valence-corrected chi connectivity index (χ1v) is 7.28. The zero-order valence-corrected chi connectivity index (χ0v) is 11.8. The largest absolute Gasteiger partial charge is 0.394 e. The number of aliphatic hydroxyl groups excluding tert-OH is 3. The first kappa shape index (κ1) is 16.8. The van der Waals surface area contributed by atoms with Crippen LogP contribution in [0.25, 0.3) is 0 Å². The van der Waals surface area contributed by atoms with E-state index in [1.807, 2.05) is 4.72 Å². The van der Waals surface area contributed by atoms with Gasteiger partial charge < -0.3 is 20.1 Å². The Balaban J connectivity index is 3.07. The fraction of sp³-hybridized carbons (Fsp3) is 1.00. The highest BCUT2D eigenvalue weighted by molar-refractivity contribution is 7.83. The van der Waals surface area contributed by atoms with Crippen LogP contribution >= 0.6 is 0 Å². The summed E-state index contributed by atoms with van der Waals surface area (Å²) in [6, 6.07) is -1.22. The van der Waals surface area contributed by atoms with Gasteiger partial charge >= 0.3 is 10.3 Å². The van der Waals surface area contributed by atoms with Crippen LogP contribution in [0.1, 0.15) is 20.8 Å². The molecule has 0 radical (unpaired) electrons. The van der Waals surface area contributed by atoms with Gasteiger partial charge in [-0.25, -0.2) is 0 Å². The molecule has 1 aliphatic rings. The summed E-state index contributed by atoms with van der Waals surface area (Å²) in [6.45, 7) is 4.73. The van der Waals surface area contributed by atoms with E-state index in [0.717, 1.165) is 0 Å². The molecule has 1 heterocycles. The van der Waals surface area contributed by atoms with Gasteiger partial charge in [-0.05, 0) is 5.41 Å². The second-order valence-electron chi connectivity index (χ2n) is 5.74. The monoisotopic (exact) mass is 299 g/mol. The highest BCUT2D eigenvalue weighted by atomic mass is 32.2. The summed E-state index contributed by atoms with van der Waals surface area (Å²) in [5.74, 6) is 0. The lowest BCUT2D eigenvalue weighted by molar-refractivity contribution is -0.214. The van der Waals surface area contributed by atoms with E-state index in [1.54, 1.807) is 20.8 Å². The van der Waals surface area contributed by atoms with E-state index in [-0.39, 0.29) is 0 Å². The molecule has 0 aromatic heterocycles. The summed E-state index contributed by atoms with van der Waals surface area (Å²) >= 11 is 0. The van der Waals surface area contributed by atoms with Crippen LogP contribution in [-0.4, -0.2) is 65.4 Å². The highest BCUT2D eigenvalue weighted by Crippen LogP contribution is 2.33. The average molecular weight is 299 g/mol. The smallest absolute Gasteiger partial charge is 0.333 e. The minimum Gasteiger partial charge on any atom is -0.394 e. The molecule has 5 unspecified atom stereocenters. The highest BCUT2D eigenvalue weighted by Gasteiger charge is 2.49. The number of aliphatic hydroxyl groups is 3. The molecule has 1 rings (SSSR count). The maximum Gasteiger partial charge on any atom is 0.333 e. The van der Waals surface area contributed by atoms with Gasteiger partial charge in [-0.1, -0.05) is 20.8 Å². The summed E-state index contributed by atoms with van der Waals surface area (Å²) in [4.78, 5) is 0. The number of nitrogens with one attached hydrogen (secondary N) is 1. The maximum atomic E-state index is 10.9. The van der Waals surface area contributed by atoms with Gasteiger partial charge in [0.25, 0.3) is 0 Å². The Hall–Kier alpha value is -0.290. The fourth-order valence-corrected chi connectivity index (χ4v) is 2.77. The topological polar surface area (TPSA) is 136 Å². The van der Waals surface area contributed by atoms with Crippen molar-refractivity contribution in [3.8, 4) is 0 Å². The summed E-state index contributed by atoms with van der Waals surface area (Å²) in [5.41, 5.74) is -0.586. The summed E-state index contributed by atoms with van der Waals surface area (Å²) in [7, 11) is -4.56. The van der Waals surface area contributed by atoms with Crippen molar-refractivity contribution in [2.24, 2.45) is 5.41 Å². The summed E-state index contributed by atoms with van der Waals surface area (Å²) < 4.78 is 38.0. The molecule has 1 saturated heterocycles. The Morgan fingerprint density at radius 2 is 1.74 bits per heavy atom. The lowest BCUT2D eigenvalue weighted by atomic mass is 9.79. The van der Waals surface area contributed by atoms with Gasteiger partial charge in [0, 0.05) is 0 Å². The lowest BCUT2D eigenvalue weighted by Gasteiger charge is -2.47. The molecule has 1 fully saturated rings. The molecule has 0 aliphatic carbocycles. The van der Waals surface area contributed by atoms with Crippen molar-refractivity contribution >= 4 is 10.3 Å². The molecule has 0 bridgehead atoms. The van der Waals surface area contributed by atoms with Crippen LogP contribution in [0.15, 0.2) is 0 Å². The molecule has 0 amide bonds. The van der Waals surface area contributed by atoms with E-state index < -0.39 is 52.8 Å². The fourth-order valence-electron chi connectivity index (χ4n) is 2.16. The molecule has 9 heteroatoms. The third-order valence-corrected chi connectivity index (χ3v) is 3.63. The van der Waals surface area contributed by atoms with E-state index in [0.29, 0.717) is 0 Å². The van der Waals surface area contributed by atoms with Crippen molar-refractivity contribution < 1.29 is 33.0 Å². The first-order valence-electron chi connectivity index (χ1n) is 5.84. The van der Waals surface area contributed by atoms with Gasteiger partial charge in [-0.2, -0.15) is 13.1 Å². The molecule has 8 nitrogen and oxygen atoms in total. The number of ether oxygens (including phenoxy) is 1. The predicted octanol–water partition coefficient (Wildman–Crippen LogP) is -1.72. The third-order valence-electron chi connectivity index (χ3n) is 3.06. The van der Waals surface area contributed by atoms with Crippen molar-refractivity contribution in [3.05, 3.63) is 0 Å². The van der Waals surface area contributed by atoms with Gasteiger partial charge in [0.15, 0.2) is 0 Å². The number of hydrogen-bond acceptors (Lipinski definition) is 6.